The Balaban J connectivity index is 2.62. The molecule has 0 aliphatic carbocycles. The quantitative estimate of drug-likeness (QED) is 0.839. The highest BCUT2D eigenvalue weighted by molar-refractivity contribution is 6.30. The number of benzene rings is 1. The Labute approximate surface area is 106 Å². The normalized spacial score (nSPS) is 14.1. The molecule has 0 aromatic heterocycles. The molecule has 0 aliphatic rings. The number of carbonyl (C=O) groups excluding carboxylic acids is 1. The van der Waals surface area contributed by atoms with Crippen LogP contribution in [0.5, 0.6) is 0 Å². The zero-order chi connectivity index (χ0) is 12.8. The lowest BCUT2D eigenvalue weighted by atomic mass is 10.1. The van der Waals surface area contributed by atoms with Gasteiger partial charge in [-0.25, -0.2) is 0 Å². The Bertz CT molecular complexity index is 363. The molecule has 0 radical (unpaired) electrons. The largest absolute Gasteiger partial charge is 0.370 e. The predicted octanol–water partition coefficient (Wildman–Crippen LogP) is 1.49. The fourth-order valence-electron chi connectivity index (χ4n) is 1.45. The fraction of sp³-hybridized carbons (Fsp3) is 0.417. The summed E-state index contributed by atoms with van der Waals surface area (Å²) in [6.07, 6.45) is -0.607. The average Bonchev–Trinajstić information content (AvgIpc) is 2.31. The molecule has 2 atom stereocenters. The molecular formula is C12H17ClN2O2. The topological polar surface area (TPSA) is 64.3 Å². The maximum Gasteiger partial charge on any atom is 0.250 e. The van der Waals surface area contributed by atoms with E-state index in [1.54, 1.807) is 12.1 Å². The van der Waals surface area contributed by atoms with Gasteiger partial charge in [0.25, 0.3) is 5.91 Å². The molecule has 0 saturated carbocycles. The predicted molar refractivity (Wildman–Crippen MR) is 67.9 cm³/mol. The van der Waals surface area contributed by atoms with E-state index >= 15 is 0 Å². The van der Waals surface area contributed by atoms with Crippen LogP contribution in [0.4, 0.5) is 0 Å². The molecule has 94 valence electrons. The summed E-state index contributed by atoms with van der Waals surface area (Å²) in [7, 11) is 1.46. The van der Waals surface area contributed by atoms with Crippen LogP contribution in [-0.4, -0.2) is 25.7 Å². The first kappa shape index (κ1) is 14.0. The molecule has 17 heavy (non-hydrogen) atoms. The van der Waals surface area contributed by atoms with Crippen LogP contribution >= 0.6 is 11.6 Å². The Kier molecular flexibility index (Phi) is 5.41. The highest BCUT2D eigenvalue weighted by Gasteiger charge is 2.18. The molecule has 1 aromatic carbocycles. The van der Waals surface area contributed by atoms with Crippen molar-refractivity contribution in [3.8, 4) is 0 Å². The second-order valence-electron chi connectivity index (χ2n) is 3.74. The number of nitrogens with one attached hydrogen (secondary N) is 1. The highest BCUT2D eigenvalue weighted by Crippen LogP contribution is 2.16. The third-order valence-corrected chi connectivity index (χ3v) is 2.77. The molecule has 0 saturated heterocycles. The number of nitrogens with two attached hydrogens (primary N) is 1. The second-order valence-corrected chi connectivity index (χ2v) is 4.18. The van der Waals surface area contributed by atoms with E-state index in [0.717, 1.165) is 5.56 Å². The number of carbonyl (C=O) groups is 1. The molecule has 0 spiro atoms. The van der Waals surface area contributed by atoms with E-state index in [-0.39, 0.29) is 18.5 Å². The second kappa shape index (κ2) is 6.59. The van der Waals surface area contributed by atoms with Gasteiger partial charge in [0.2, 0.25) is 0 Å². The van der Waals surface area contributed by atoms with Crippen molar-refractivity contribution in [2.24, 2.45) is 5.73 Å². The molecule has 5 heteroatoms. The van der Waals surface area contributed by atoms with Crippen molar-refractivity contribution in [2.75, 3.05) is 13.7 Å². The monoisotopic (exact) mass is 256 g/mol. The zero-order valence-corrected chi connectivity index (χ0v) is 10.7. The van der Waals surface area contributed by atoms with Crippen LogP contribution in [0.2, 0.25) is 5.02 Å². The lowest BCUT2D eigenvalue weighted by molar-refractivity contribution is -0.131. The number of ether oxygens (including phenoxy) is 1. The number of halogens is 1. The van der Waals surface area contributed by atoms with Crippen molar-refractivity contribution in [1.82, 2.24) is 5.32 Å². The Hall–Kier alpha value is -1.10. The van der Waals surface area contributed by atoms with Gasteiger partial charge in [-0.2, -0.15) is 0 Å². The molecule has 3 N–H and O–H groups in total. The van der Waals surface area contributed by atoms with E-state index in [0.29, 0.717) is 5.02 Å². The minimum absolute atomic E-state index is 0.107. The van der Waals surface area contributed by atoms with Gasteiger partial charge in [0.1, 0.15) is 6.10 Å². The number of methoxy groups -OCH3 is 1. The fourth-order valence-corrected chi connectivity index (χ4v) is 1.58. The molecule has 0 bridgehead atoms. The maximum atomic E-state index is 11.7. The van der Waals surface area contributed by atoms with Crippen molar-refractivity contribution in [3.63, 3.8) is 0 Å². The van der Waals surface area contributed by atoms with Crippen LogP contribution < -0.4 is 11.1 Å². The number of hydrogen-bond donors (Lipinski definition) is 2. The Morgan fingerprint density at radius 3 is 2.53 bits per heavy atom. The molecule has 0 aliphatic heterocycles. The average molecular weight is 257 g/mol. The number of hydrogen-bond acceptors (Lipinski definition) is 3. The smallest absolute Gasteiger partial charge is 0.250 e. The van der Waals surface area contributed by atoms with E-state index in [1.165, 1.54) is 7.11 Å². The van der Waals surface area contributed by atoms with E-state index in [1.807, 2.05) is 19.1 Å². The van der Waals surface area contributed by atoms with E-state index in [9.17, 15) is 4.79 Å². The summed E-state index contributed by atoms with van der Waals surface area (Å²) >= 11 is 5.79. The summed E-state index contributed by atoms with van der Waals surface area (Å²) in [5.74, 6) is -0.211. The van der Waals surface area contributed by atoms with Gasteiger partial charge < -0.3 is 15.8 Å². The number of amides is 1. The van der Waals surface area contributed by atoms with Crippen LogP contribution in [0, 0.1) is 0 Å². The van der Waals surface area contributed by atoms with Crippen molar-refractivity contribution in [2.45, 2.75) is 19.1 Å². The van der Waals surface area contributed by atoms with Crippen molar-refractivity contribution in [1.29, 1.82) is 0 Å². The molecule has 0 heterocycles. The zero-order valence-electron chi connectivity index (χ0n) is 9.94. The van der Waals surface area contributed by atoms with Gasteiger partial charge in [-0.1, -0.05) is 23.7 Å². The van der Waals surface area contributed by atoms with Crippen molar-refractivity contribution in [3.05, 3.63) is 34.9 Å². The summed E-state index contributed by atoms with van der Waals surface area (Å²) in [6.45, 7) is 2.06. The molecule has 4 nitrogen and oxygen atoms in total. The first-order chi connectivity index (χ1) is 8.08. The highest BCUT2D eigenvalue weighted by atomic mass is 35.5. The van der Waals surface area contributed by atoms with Gasteiger partial charge in [-0.15, -0.1) is 0 Å². The van der Waals surface area contributed by atoms with Crippen molar-refractivity contribution >= 4 is 17.5 Å². The van der Waals surface area contributed by atoms with Crippen LogP contribution in [-0.2, 0) is 9.53 Å². The van der Waals surface area contributed by atoms with Crippen molar-refractivity contribution < 1.29 is 9.53 Å². The first-order valence-electron chi connectivity index (χ1n) is 5.37. The summed E-state index contributed by atoms with van der Waals surface area (Å²) < 4.78 is 4.96. The SMILES string of the molecule is COC(CN)C(=O)N[C@@H](C)c1ccc(Cl)cc1. The van der Waals surface area contributed by atoms with E-state index in [2.05, 4.69) is 5.32 Å². The molecule has 0 fully saturated rings. The lowest BCUT2D eigenvalue weighted by Crippen LogP contribution is -2.41. The molecule has 1 unspecified atom stereocenters. The van der Waals surface area contributed by atoms with Crippen LogP contribution in [0.15, 0.2) is 24.3 Å². The Morgan fingerprint density at radius 1 is 1.47 bits per heavy atom. The van der Waals surface area contributed by atoms with Crippen LogP contribution in [0.25, 0.3) is 0 Å². The van der Waals surface area contributed by atoms with Gasteiger partial charge in [0.15, 0.2) is 0 Å². The number of rotatable bonds is 5. The van der Waals surface area contributed by atoms with Gasteiger partial charge in [0.05, 0.1) is 6.04 Å². The van der Waals surface area contributed by atoms with Gasteiger partial charge in [-0.05, 0) is 24.6 Å². The molecule has 1 rings (SSSR count). The lowest BCUT2D eigenvalue weighted by Gasteiger charge is -2.18. The standard InChI is InChI=1S/C12H17ClN2O2/c1-8(9-3-5-10(13)6-4-9)15-12(16)11(7-14)17-2/h3-6,8,11H,7,14H2,1-2H3,(H,15,16)/t8-,11?/m0/s1. The third kappa shape index (κ3) is 4.00. The maximum absolute atomic E-state index is 11.7. The van der Waals surface area contributed by atoms with Crippen LogP contribution in [0.3, 0.4) is 0 Å². The summed E-state index contributed by atoms with van der Waals surface area (Å²) in [5, 5.41) is 3.50. The van der Waals surface area contributed by atoms with Gasteiger partial charge >= 0.3 is 0 Å². The third-order valence-electron chi connectivity index (χ3n) is 2.52. The van der Waals surface area contributed by atoms with Crippen LogP contribution in [0.1, 0.15) is 18.5 Å². The molecule has 1 aromatic rings. The summed E-state index contributed by atoms with van der Waals surface area (Å²) in [4.78, 5) is 11.7. The van der Waals surface area contributed by atoms with Gasteiger partial charge in [-0.3, -0.25) is 4.79 Å². The summed E-state index contributed by atoms with van der Waals surface area (Å²) in [6, 6.07) is 7.21. The minimum atomic E-state index is -0.607. The molecule has 1 amide bonds. The Morgan fingerprint density at radius 2 is 2.06 bits per heavy atom. The molecular weight excluding hydrogens is 240 g/mol. The van der Waals surface area contributed by atoms with E-state index in [4.69, 9.17) is 22.1 Å². The van der Waals surface area contributed by atoms with E-state index < -0.39 is 6.10 Å². The first-order valence-corrected chi connectivity index (χ1v) is 5.75. The van der Waals surface area contributed by atoms with Gasteiger partial charge in [0, 0.05) is 18.7 Å². The minimum Gasteiger partial charge on any atom is -0.370 e. The summed E-state index contributed by atoms with van der Waals surface area (Å²) in [5.41, 5.74) is 6.40.